The molecule has 0 aromatic heterocycles. The first kappa shape index (κ1) is 10.3. The summed E-state index contributed by atoms with van der Waals surface area (Å²) < 4.78 is 9.95. The topological polar surface area (TPSA) is 52.6 Å². The number of benzene rings is 1. The number of ether oxygens (including phenoxy) is 2. The maximum Gasteiger partial charge on any atom is 0.317 e. The molecule has 0 N–H and O–H groups in total. The van der Waals surface area contributed by atoms with E-state index >= 15 is 0 Å². The second-order valence-electron chi connectivity index (χ2n) is 4.44. The van der Waals surface area contributed by atoms with Crippen LogP contribution in [0.5, 0.6) is 5.75 Å². The highest BCUT2D eigenvalue weighted by Crippen LogP contribution is 2.28. The van der Waals surface area contributed by atoms with E-state index in [-0.39, 0.29) is 12.3 Å². The van der Waals surface area contributed by atoms with Crippen molar-refractivity contribution in [3.63, 3.8) is 0 Å². The second-order valence-corrected chi connectivity index (χ2v) is 4.44. The Kier molecular flexibility index (Phi) is 2.35. The van der Waals surface area contributed by atoms with Crippen molar-refractivity contribution in [2.24, 2.45) is 5.92 Å². The maximum atomic E-state index is 11.4. The molecule has 0 spiro atoms. The molecule has 2 aliphatic heterocycles. The molecule has 1 aromatic rings. The van der Waals surface area contributed by atoms with Gasteiger partial charge in [-0.05, 0) is 23.6 Å². The van der Waals surface area contributed by atoms with Crippen LogP contribution >= 0.6 is 0 Å². The van der Waals surface area contributed by atoms with Crippen LogP contribution in [0, 0.1) is 5.92 Å². The first-order valence-electron chi connectivity index (χ1n) is 5.71. The molecule has 17 heavy (non-hydrogen) atoms. The normalized spacial score (nSPS) is 22.2. The lowest BCUT2D eigenvalue weighted by Gasteiger charge is -2.06. The van der Waals surface area contributed by atoms with Crippen molar-refractivity contribution in [2.75, 3.05) is 6.61 Å². The van der Waals surface area contributed by atoms with E-state index in [0.717, 1.165) is 24.3 Å². The van der Waals surface area contributed by atoms with E-state index in [0.29, 0.717) is 6.42 Å². The highest BCUT2D eigenvalue weighted by Gasteiger charge is 2.33. The second kappa shape index (κ2) is 3.87. The first-order valence-corrected chi connectivity index (χ1v) is 5.71. The van der Waals surface area contributed by atoms with Gasteiger partial charge in [-0.2, -0.15) is 0 Å². The predicted molar refractivity (Wildman–Crippen MR) is 58.6 cm³/mol. The van der Waals surface area contributed by atoms with Crippen LogP contribution in [0.4, 0.5) is 0 Å². The molecule has 0 amide bonds. The highest BCUT2D eigenvalue weighted by atomic mass is 16.6. The van der Waals surface area contributed by atoms with E-state index in [1.165, 1.54) is 5.56 Å². The third kappa shape index (κ3) is 1.90. The number of fused-ring (bicyclic) bond motifs is 1. The largest absolute Gasteiger partial charge is 0.493 e. The zero-order valence-electron chi connectivity index (χ0n) is 9.27. The summed E-state index contributed by atoms with van der Waals surface area (Å²) in [7, 11) is 0. The summed E-state index contributed by atoms with van der Waals surface area (Å²) in [6.45, 7) is 0.725. The molecular formula is C13H12O4. The summed E-state index contributed by atoms with van der Waals surface area (Å²) in [5.74, 6) is -0.196. The molecule has 1 saturated heterocycles. The number of hydrogen-bond donors (Lipinski definition) is 0. The molecule has 2 aliphatic rings. The Morgan fingerprint density at radius 1 is 1.29 bits per heavy atom. The monoisotopic (exact) mass is 232 g/mol. The van der Waals surface area contributed by atoms with Crippen LogP contribution in [0.3, 0.4) is 0 Å². The number of carbonyl (C=O) groups excluding carboxylic acids is 2. The average Bonchev–Trinajstić information content (AvgIpc) is 2.85. The Morgan fingerprint density at radius 3 is 2.94 bits per heavy atom. The van der Waals surface area contributed by atoms with E-state index in [4.69, 9.17) is 4.74 Å². The van der Waals surface area contributed by atoms with Crippen LogP contribution in [-0.4, -0.2) is 18.5 Å². The van der Waals surface area contributed by atoms with Gasteiger partial charge in [0.1, 0.15) is 5.75 Å². The van der Waals surface area contributed by atoms with Gasteiger partial charge in [-0.15, -0.1) is 0 Å². The van der Waals surface area contributed by atoms with Gasteiger partial charge in [0, 0.05) is 6.42 Å². The Bertz CT molecular complexity index is 492. The molecule has 1 aromatic carbocycles. The standard InChI is InChI=1S/C13H12O4/c14-12-7-10(13(15)17-12)6-8-1-2-11-9(5-8)3-4-16-11/h1-2,5,10H,3-4,6-7H2. The predicted octanol–water partition coefficient (Wildman–Crippen LogP) is 1.25. The molecule has 0 radical (unpaired) electrons. The fraction of sp³-hybridized carbons (Fsp3) is 0.385. The van der Waals surface area contributed by atoms with Crippen molar-refractivity contribution < 1.29 is 19.1 Å². The molecule has 1 atom stereocenters. The van der Waals surface area contributed by atoms with E-state index in [1.54, 1.807) is 0 Å². The summed E-state index contributed by atoms with van der Waals surface area (Å²) in [5, 5.41) is 0. The quantitative estimate of drug-likeness (QED) is 0.569. The van der Waals surface area contributed by atoms with Gasteiger partial charge in [0.2, 0.25) is 0 Å². The minimum Gasteiger partial charge on any atom is -0.493 e. The van der Waals surface area contributed by atoms with E-state index < -0.39 is 11.9 Å². The maximum absolute atomic E-state index is 11.4. The number of rotatable bonds is 2. The van der Waals surface area contributed by atoms with Gasteiger partial charge < -0.3 is 9.47 Å². The molecule has 3 rings (SSSR count). The number of carbonyl (C=O) groups is 2. The summed E-state index contributed by atoms with van der Waals surface area (Å²) >= 11 is 0. The van der Waals surface area contributed by atoms with E-state index in [2.05, 4.69) is 10.8 Å². The Morgan fingerprint density at radius 2 is 2.18 bits per heavy atom. The number of esters is 2. The van der Waals surface area contributed by atoms with Crippen LogP contribution in [0.25, 0.3) is 0 Å². The summed E-state index contributed by atoms with van der Waals surface area (Å²) in [5.41, 5.74) is 2.24. The fourth-order valence-corrected chi connectivity index (χ4v) is 2.33. The SMILES string of the molecule is O=C1CC(Cc2ccc3c(c2)CCO3)C(=O)O1. The average molecular weight is 232 g/mol. The van der Waals surface area contributed by atoms with Gasteiger partial charge in [0.15, 0.2) is 0 Å². The summed E-state index contributed by atoms with van der Waals surface area (Å²) in [6, 6.07) is 5.93. The molecule has 1 unspecified atom stereocenters. The van der Waals surface area contributed by atoms with Gasteiger partial charge in [0.05, 0.1) is 18.9 Å². The number of cyclic esters (lactones) is 2. The van der Waals surface area contributed by atoms with Crippen LogP contribution in [0.1, 0.15) is 17.5 Å². The first-order chi connectivity index (χ1) is 8.22. The molecule has 1 fully saturated rings. The van der Waals surface area contributed by atoms with Gasteiger partial charge in [0.25, 0.3) is 0 Å². The van der Waals surface area contributed by atoms with Crippen LogP contribution in [0.15, 0.2) is 18.2 Å². The Labute approximate surface area is 98.5 Å². The molecule has 0 bridgehead atoms. The lowest BCUT2D eigenvalue weighted by atomic mass is 9.96. The summed E-state index contributed by atoms with van der Waals surface area (Å²) in [4.78, 5) is 22.3. The zero-order chi connectivity index (χ0) is 11.8. The van der Waals surface area contributed by atoms with E-state index in [9.17, 15) is 9.59 Å². The smallest absolute Gasteiger partial charge is 0.317 e. The van der Waals surface area contributed by atoms with Gasteiger partial charge in [-0.1, -0.05) is 12.1 Å². The lowest BCUT2D eigenvalue weighted by molar-refractivity contribution is -0.153. The van der Waals surface area contributed by atoms with Crippen LogP contribution in [-0.2, 0) is 27.2 Å². The van der Waals surface area contributed by atoms with Crippen LogP contribution < -0.4 is 4.74 Å². The van der Waals surface area contributed by atoms with Crippen molar-refractivity contribution in [3.05, 3.63) is 29.3 Å². The zero-order valence-corrected chi connectivity index (χ0v) is 9.27. The van der Waals surface area contributed by atoms with Crippen LogP contribution in [0.2, 0.25) is 0 Å². The molecule has 2 heterocycles. The molecule has 4 nitrogen and oxygen atoms in total. The van der Waals surface area contributed by atoms with Crippen molar-refractivity contribution >= 4 is 11.9 Å². The van der Waals surface area contributed by atoms with Crippen molar-refractivity contribution in [1.29, 1.82) is 0 Å². The molecule has 88 valence electrons. The van der Waals surface area contributed by atoms with Crippen molar-refractivity contribution in [1.82, 2.24) is 0 Å². The van der Waals surface area contributed by atoms with Gasteiger partial charge >= 0.3 is 11.9 Å². The van der Waals surface area contributed by atoms with Gasteiger partial charge in [-0.3, -0.25) is 9.59 Å². The van der Waals surface area contributed by atoms with E-state index in [1.807, 2.05) is 12.1 Å². The third-order valence-corrected chi connectivity index (χ3v) is 3.20. The third-order valence-electron chi connectivity index (χ3n) is 3.20. The van der Waals surface area contributed by atoms with Crippen molar-refractivity contribution in [3.8, 4) is 5.75 Å². The van der Waals surface area contributed by atoms with Gasteiger partial charge in [-0.25, -0.2) is 0 Å². The Hall–Kier alpha value is -1.84. The molecule has 0 aliphatic carbocycles. The molecular weight excluding hydrogens is 220 g/mol. The highest BCUT2D eigenvalue weighted by molar-refractivity contribution is 5.94. The molecule has 0 saturated carbocycles. The molecule has 4 heteroatoms. The van der Waals surface area contributed by atoms with Crippen molar-refractivity contribution in [2.45, 2.75) is 19.3 Å². The summed E-state index contributed by atoms with van der Waals surface area (Å²) in [6.07, 6.45) is 1.68. The Balaban J connectivity index is 1.77. The minimum atomic E-state index is -0.413. The number of hydrogen-bond acceptors (Lipinski definition) is 4. The minimum absolute atomic E-state index is 0.201. The lowest BCUT2D eigenvalue weighted by Crippen LogP contribution is -2.10. The fourth-order valence-electron chi connectivity index (χ4n) is 2.33.